The van der Waals surface area contributed by atoms with Crippen LogP contribution < -0.4 is 10.5 Å². The molecule has 0 fully saturated rings. The van der Waals surface area contributed by atoms with E-state index in [0.717, 1.165) is 6.07 Å². The van der Waals surface area contributed by atoms with Crippen molar-refractivity contribution in [3.8, 4) is 0 Å². The highest BCUT2D eigenvalue weighted by Gasteiger charge is 2.26. The van der Waals surface area contributed by atoms with Crippen molar-refractivity contribution in [2.24, 2.45) is 5.73 Å². The van der Waals surface area contributed by atoms with Gasteiger partial charge in [0.2, 0.25) is 5.03 Å². The molecule has 0 bridgehead atoms. The lowest BCUT2D eigenvalue weighted by Crippen LogP contribution is -2.37. The molecular weight excluding hydrogens is 313 g/mol. The zero-order valence-electron chi connectivity index (χ0n) is 10.7. The minimum absolute atomic E-state index is 0.0684. The monoisotopic (exact) mass is 325 g/mol. The van der Waals surface area contributed by atoms with Gasteiger partial charge in [-0.3, -0.25) is 0 Å². The number of rotatable bonds is 5. The molecule has 5 nitrogen and oxygen atoms in total. The van der Waals surface area contributed by atoms with E-state index in [1.54, 1.807) is 30.3 Å². The SMILES string of the molecule is NC(=S)C(NS(=O)(=O)c1ncccc1F)c1ccccc1. The molecule has 110 valence electrons. The molecule has 0 radical (unpaired) electrons. The first-order valence-corrected chi connectivity index (χ1v) is 7.78. The third kappa shape index (κ3) is 3.60. The lowest BCUT2D eigenvalue weighted by Gasteiger charge is -2.17. The number of halogens is 1. The molecule has 0 saturated carbocycles. The molecule has 21 heavy (non-hydrogen) atoms. The average molecular weight is 325 g/mol. The van der Waals surface area contributed by atoms with E-state index in [1.165, 1.54) is 12.3 Å². The fraction of sp³-hybridized carbons (Fsp3) is 0.0769. The third-order valence-electron chi connectivity index (χ3n) is 2.67. The Bertz CT molecular complexity index is 751. The summed E-state index contributed by atoms with van der Waals surface area (Å²) in [6.45, 7) is 0. The van der Waals surface area contributed by atoms with E-state index in [-0.39, 0.29) is 4.99 Å². The summed E-state index contributed by atoms with van der Waals surface area (Å²) in [7, 11) is -4.19. The van der Waals surface area contributed by atoms with Crippen molar-refractivity contribution in [2.75, 3.05) is 0 Å². The predicted molar refractivity (Wildman–Crippen MR) is 80.5 cm³/mol. The van der Waals surface area contributed by atoms with Gasteiger partial charge in [-0.2, -0.15) is 4.72 Å². The largest absolute Gasteiger partial charge is 0.392 e. The minimum Gasteiger partial charge on any atom is -0.392 e. The summed E-state index contributed by atoms with van der Waals surface area (Å²) in [6, 6.07) is 9.92. The first kappa shape index (κ1) is 15.5. The van der Waals surface area contributed by atoms with Crippen LogP contribution in [0.5, 0.6) is 0 Å². The van der Waals surface area contributed by atoms with Crippen LogP contribution in [0.1, 0.15) is 11.6 Å². The van der Waals surface area contributed by atoms with Gasteiger partial charge < -0.3 is 5.73 Å². The minimum atomic E-state index is -4.19. The maximum atomic E-state index is 13.6. The lowest BCUT2D eigenvalue weighted by atomic mass is 10.1. The summed E-state index contributed by atoms with van der Waals surface area (Å²) in [5.74, 6) is -0.945. The standard InChI is InChI=1S/C13H12FN3O2S2/c14-10-7-4-8-16-13(10)21(18,19)17-11(12(15)20)9-5-2-1-3-6-9/h1-8,11,17H,(H2,15,20). The smallest absolute Gasteiger partial charge is 0.261 e. The topological polar surface area (TPSA) is 85.1 Å². The van der Waals surface area contributed by atoms with Gasteiger partial charge in [-0.05, 0) is 17.7 Å². The average Bonchev–Trinajstić information content (AvgIpc) is 2.46. The number of benzene rings is 1. The van der Waals surface area contributed by atoms with Crippen molar-refractivity contribution in [3.05, 3.63) is 60.0 Å². The Morgan fingerprint density at radius 3 is 2.48 bits per heavy atom. The van der Waals surface area contributed by atoms with Crippen LogP contribution in [0.15, 0.2) is 53.7 Å². The molecule has 1 atom stereocenters. The van der Waals surface area contributed by atoms with Gasteiger partial charge in [0.25, 0.3) is 10.0 Å². The van der Waals surface area contributed by atoms with Gasteiger partial charge >= 0.3 is 0 Å². The van der Waals surface area contributed by atoms with Crippen molar-refractivity contribution >= 4 is 27.2 Å². The Hall–Kier alpha value is -1.90. The number of hydrogen-bond acceptors (Lipinski definition) is 4. The van der Waals surface area contributed by atoms with Crippen molar-refractivity contribution in [2.45, 2.75) is 11.1 Å². The number of nitrogens with two attached hydrogens (primary N) is 1. The highest BCUT2D eigenvalue weighted by Crippen LogP contribution is 2.18. The summed E-state index contributed by atoms with van der Waals surface area (Å²) in [5, 5.41) is -0.692. The number of sulfonamides is 1. The molecule has 2 rings (SSSR count). The van der Waals surface area contributed by atoms with Crippen LogP contribution in [-0.2, 0) is 10.0 Å². The third-order valence-corrected chi connectivity index (χ3v) is 4.26. The molecule has 0 aliphatic heterocycles. The van der Waals surface area contributed by atoms with E-state index in [4.69, 9.17) is 18.0 Å². The van der Waals surface area contributed by atoms with Gasteiger partial charge in [-0.25, -0.2) is 17.8 Å². The molecule has 0 amide bonds. The number of aromatic nitrogens is 1. The van der Waals surface area contributed by atoms with Crippen molar-refractivity contribution < 1.29 is 12.8 Å². The number of nitrogens with one attached hydrogen (secondary N) is 1. The Kier molecular flexibility index (Phi) is 4.61. The number of thiocarbonyl (C=S) groups is 1. The summed E-state index contributed by atoms with van der Waals surface area (Å²) in [5.41, 5.74) is 6.14. The fourth-order valence-electron chi connectivity index (χ4n) is 1.72. The molecule has 1 aromatic carbocycles. The van der Waals surface area contributed by atoms with Crippen LogP contribution in [0.4, 0.5) is 4.39 Å². The zero-order chi connectivity index (χ0) is 15.5. The molecule has 0 saturated heterocycles. The summed E-state index contributed by atoms with van der Waals surface area (Å²) in [4.78, 5) is 3.48. The van der Waals surface area contributed by atoms with E-state index in [2.05, 4.69) is 9.71 Å². The molecule has 0 aliphatic rings. The summed E-state index contributed by atoms with van der Waals surface area (Å²) < 4.78 is 40.3. The van der Waals surface area contributed by atoms with E-state index in [0.29, 0.717) is 5.56 Å². The molecule has 0 aliphatic carbocycles. The van der Waals surface area contributed by atoms with Crippen molar-refractivity contribution in [1.29, 1.82) is 0 Å². The fourth-order valence-corrected chi connectivity index (χ4v) is 3.19. The van der Waals surface area contributed by atoms with Crippen molar-refractivity contribution in [3.63, 3.8) is 0 Å². The normalized spacial score (nSPS) is 12.8. The first-order chi connectivity index (χ1) is 9.92. The van der Waals surface area contributed by atoms with Gasteiger partial charge in [-0.1, -0.05) is 42.5 Å². The Morgan fingerprint density at radius 1 is 1.24 bits per heavy atom. The molecule has 1 aromatic heterocycles. The first-order valence-electron chi connectivity index (χ1n) is 5.89. The molecule has 1 unspecified atom stereocenters. The highest BCUT2D eigenvalue weighted by molar-refractivity contribution is 7.89. The van der Waals surface area contributed by atoms with Crippen LogP contribution in [0.25, 0.3) is 0 Å². The van der Waals surface area contributed by atoms with Crippen LogP contribution >= 0.6 is 12.2 Å². The second kappa shape index (κ2) is 6.25. The van der Waals surface area contributed by atoms with Crippen molar-refractivity contribution in [1.82, 2.24) is 9.71 Å². The van der Waals surface area contributed by atoms with Crippen LogP contribution in [0.2, 0.25) is 0 Å². The predicted octanol–water partition coefficient (Wildman–Crippen LogP) is 1.53. The Morgan fingerprint density at radius 2 is 1.90 bits per heavy atom. The second-order valence-electron chi connectivity index (χ2n) is 4.16. The maximum Gasteiger partial charge on any atom is 0.261 e. The second-order valence-corrected chi connectivity index (χ2v) is 6.26. The quantitative estimate of drug-likeness (QED) is 0.814. The summed E-state index contributed by atoms with van der Waals surface area (Å²) in [6.07, 6.45) is 1.19. The molecule has 0 spiro atoms. The van der Waals surface area contributed by atoms with Gasteiger partial charge in [0.15, 0.2) is 5.82 Å². The zero-order valence-corrected chi connectivity index (χ0v) is 12.4. The van der Waals surface area contributed by atoms with E-state index >= 15 is 0 Å². The molecule has 8 heteroatoms. The summed E-state index contributed by atoms with van der Waals surface area (Å²) >= 11 is 4.89. The lowest BCUT2D eigenvalue weighted by molar-refractivity contribution is 0.542. The van der Waals surface area contributed by atoms with Gasteiger partial charge in [0.05, 0.1) is 11.0 Å². The molecule has 2 aromatic rings. The van der Waals surface area contributed by atoms with E-state index in [1.807, 2.05) is 0 Å². The van der Waals surface area contributed by atoms with Crippen LogP contribution in [0.3, 0.4) is 0 Å². The molecule has 1 heterocycles. The Balaban J connectivity index is 2.38. The van der Waals surface area contributed by atoms with E-state index < -0.39 is 26.9 Å². The van der Waals surface area contributed by atoms with E-state index in [9.17, 15) is 12.8 Å². The number of nitrogens with zero attached hydrogens (tertiary/aromatic N) is 1. The van der Waals surface area contributed by atoms with Crippen LogP contribution in [0, 0.1) is 5.82 Å². The number of pyridine rings is 1. The Labute approximate surface area is 127 Å². The van der Waals surface area contributed by atoms with Gasteiger partial charge in [-0.15, -0.1) is 0 Å². The van der Waals surface area contributed by atoms with Gasteiger partial charge in [0.1, 0.15) is 0 Å². The molecule has 3 N–H and O–H groups in total. The number of hydrogen-bond donors (Lipinski definition) is 2. The highest BCUT2D eigenvalue weighted by atomic mass is 32.2. The van der Waals surface area contributed by atoms with Gasteiger partial charge in [0, 0.05) is 6.20 Å². The molecular formula is C13H12FN3O2S2. The van der Waals surface area contributed by atoms with Crippen LogP contribution in [-0.4, -0.2) is 18.4 Å². The maximum absolute atomic E-state index is 13.6.